The number of ether oxygens (including phenoxy) is 3. The van der Waals surface area contributed by atoms with E-state index in [9.17, 15) is 19.6 Å². The zero-order chi connectivity index (χ0) is 22.4. The molecule has 0 radical (unpaired) electrons. The second-order valence-corrected chi connectivity index (χ2v) is 8.18. The Morgan fingerprint density at radius 2 is 1.55 bits per heavy atom. The number of hydrogen-bond donors (Lipinski definition) is 2. The molecule has 1 unspecified atom stereocenters. The normalized spacial score (nSPS) is 12.6. The van der Waals surface area contributed by atoms with Gasteiger partial charge in [-0.25, -0.2) is 9.59 Å². The first-order chi connectivity index (χ1) is 13.2. The molecule has 2 N–H and O–H groups in total. The third-order valence-electron chi connectivity index (χ3n) is 3.04. The van der Waals surface area contributed by atoms with Crippen LogP contribution >= 0.6 is 0 Å². The molecule has 1 aromatic rings. The van der Waals surface area contributed by atoms with Gasteiger partial charge in [-0.1, -0.05) is 0 Å². The number of carbonyl (C=O) groups is 3. The average molecular weight is 411 g/mol. The second kappa shape index (κ2) is 9.57. The van der Waals surface area contributed by atoms with Crippen molar-refractivity contribution in [3.63, 3.8) is 0 Å². The minimum atomic E-state index is -1.37. The van der Waals surface area contributed by atoms with Gasteiger partial charge < -0.3 is 30.0 Å². The van der Waals surface area contributed by atoms with Crippen LogP contribution in [-0.4, -0.2) is 40.5 Å². The van der Waals surface area contributed by atoms with Gasteiger partial charge in [0.1, 0.15) is 23.0 Å². The zero-order valence-electron chi connectivity index (χ0n) is 17.3. The molecule has 0 aromatic heterocycles. The number of nitrogens with zero attached hydrogens (tertiary/aromatic N) is 1. The van der Waals surface area contributed by atoms with Crippen molar-refractivity contribution in [1.29, 1.82) is 0 Å². The lowest BCUT2D eigenvalue weighted by molar-refractivity contribution is -0.157. The van der Waals surface area contributed by atoms with Crippen molar-refractivity contribution < 1.29 is 33.8 Å². The van der Waals surface area contributed by atoms with Gasteiger partial charge in [-0.3, -0.25) is 10.0 Å². The van der Waals surface area contributed by atoms with Crippen LogP contribution in [0, 0.1) is 5.21 Å². The van der Waals surface area contributed by atoms with Crippen molar-refractivity contribution in [3.8, 4) is 5.75 Å². The number of esters is 2. The number of amides is 1. The zero-order valence-corrected chi connectivity index (χ0v) is 17.3. The molecule has 10 heteroatoms. The van der Waals surface area contributed by atoms with Gasteiger partial charge in [0.15, 0.2) is 0 Å². The monoisotopic (exact) mass is 411 g/mol. The predicted molar refractivity (Wildman–Crippen MR) is 103 cm³/mol. The molecule has 0 spiro atoms. The Morgan fingerprint density at radius 3 is 2.00 bits per heavy atom. The molecule has 0 heterocycles. The van der Waals surface area contributed by atoms with Crippen LogP contribution in [0.4, 0.5) is 10.5 Å². The van der Waals surface area contributed by atoms with Gasteiger partial charge >= 0.3 is 18.0 Å². The lowest BCUT2D eigenvalue weighted by Crippen LogP contribution is -2.46. The summed E-state index contributed by atoms with van der Waals surface area (Å²) in [4.78, 5) is 36.7. The summed E-state index contributed by atoms with van der Waals surface area (Å²) >= 11 is 0. The Morgan fingerprint density at radius 1 is 1.03 bits per heavy atom. The van der Waals surface area contributed by atoms with Crippen LogP contribution < -0.4 is 15.3 Å². The maximum absolute atomic E-state index is 12.5. The first-order valence-electron chi connectivity index (χ1n) is 8.85. The SMILES string of the molecule is CC(C)(C)OC(=O)CC(NC(=O)OC(C)(C)C)C(=O)Oc1ccc(N([O-])O)cc1. The molecular formula is C19H27N2O8-. The van der Waals surface area contributed by atoms with Crippen LogP contribution in [0.25, 0.3) is 0 Å². The molecule has 0 saturated carbocycles. The first-order valence-corrected chi connectivity index (χ1v) is 8.85. The average Bonchev–Trinajstić information content (AvgIpc) is 2.51. The molecule has 10 nitrogen and oxygen atoms in total. The number of alkyl carbamates (subject to hydrolysis) is 1. The summed E-state index contributed by atoms with van der Waals surface area (Å²) in [5.41, 5.74) is -1.65. The summed E-state index contributed by atoms with van der Waals surface area (Å²) in [6.07, 6.45) is -1.38. The highest BCUT2D eigenvalue weighted by Crippen LogP contribution is 2.19. The Kier molecular flexibility index (Phi) is 7.98. The van der Waals surface area contributed by atoms with E-state index < -0.39 is 41.7 Å². The topological polar surface area (TPSA) is 137 Å². The third-order valence-corrected chi connectivity index (χ3v) is 3.04. The molecule has 0 bridgehead atoms. The summed E-state index contributed by atoms with van der Waals surface area (Å²) in [6, 6.07) is 3.62. The van der Waals surface area contributed by atoms with Gasteiger partial charge in [-0.2, -0.15) is 0 Å². The molecule has 0 aliphatic heterocycles. The standard InChI is InChI=1S/C19H27N2O8/c1-18(2,3)28-15(22)11-14(20-17(24)29-19(4,5)6)16(23)27-13-9-7-12(8-10-13)21(25)26/h7-10,14,25H,11H2,1-6H3,(H,20,24)/q-1. The van der Waals surface area contributed by atoms with Crippen LogP contribution in [0.5, 0.6) is 5.75 Å². The van der Waals surface area contributed by atoms with Crippen molar-refractivity contribution in [2.75, 3.05) is 5.23 Å². The van der Waals surface area contributed by atoms with Crippen LogP contribution in [0.1, 0.15) is 48.0 Å². The second-order valence-electron chi connectivity index (χ2n) is 8.18. The molecule has 1 amide bonds. The summed E-state index contributed by atoms with van der Waals surface area (Å²) in [5, 5.41) is 21.6. The molecule has 29 heavy (non-hydrogen) atoms. The fourth-order valence-corrected chi connectivity index (χ4v) is 2.02. The number of carbonyl (C=O) groups excluding carboxylic acids is 3. The van der Waals surface area contributed by atoms with Gasteiger partial charge in [0.05, 0.1) is 12.1 Å². The number of benzene rings is 1. The Hall–Kier alpha value is -2.85. The van der Waals surface area contributed by atoms with Gasteiger partial charge in [0, 0.05) is 0 Å². The lowest BCUT2D eigenvalue weighted by Gasteiger charge is -2.24. The third kappa shape index (κ3) is 9.77. The van der Waals surface area contributed by atoms with Crippen LogP contribution in [0.15, 0.2) is 24.3 Å². The van der Waals surface area contributed by atoms with E-state index >= 15 is 0 Å². The van der Waals surface area contributed by atoms with Gasteiger partial charge in [0.25, 0.3) is 0 Å². The quantitative estimate of drug-likeness (QED) is 0.411. The number of nitrogens with one attached hydrogen (secondary N) is 1. The summed E-state index contributed by atoms with van der Waals surface area (Å²) < 4.78 is 15.5. The maximum Gasteiger partial charge on any atom is 0.408 e. The molecular weight excluding hydrogens is 384 g/mol. The number of rotatable bonds is 6. The van der Waals surface area contributed by atoms with E-state index in [1.54, 1.807) is 41.5 Å². The van der Waals surface area contributed by atoms with Crippen molar-refractivity contribution in [2.45, 2.75) is 65.2 Å². The number of anilines is 1. The van der Waals surface area contributed by atoms with E-state index in [0.717, 1.165) is 0 Å². The van der Waals surface area contributed by atoms with E-state index in [-0.39, 0.29) is 16.7 Å². The van der Waals surface area contributed by atoms with Crippen molar-refractivity contribution >= 4 is 23.7 Å². The van der Waals surface area contributed by atoms with E-state index in [4.69, 9.17) is 19.4 Å². The van der Waals surface area contributed by atoms with Gasteiger partial charge in [0.2, 0.25) is 0 Å². The molecule has 1 rings (SSSR count). The minimum absolute atomic E-state index is 0.0424. The Bertz CT molecular complexity index is 687. The van der Waals surface area contributed by atoms with Gasteiger partial charge in [-0.05, 0) is 65.8 Å². The van der Waals surface area contributed by atoms with E-state index in [0.29, 0.717) is 0 Å². The van der Waals surface area contributed by atoms with Crippen LogP contribution in [0.2, 0.25) is 0 Å². The predicted octanol–water partition coefficient (Wildman–Crippen LogP) is 2.91. The Balaban J connectivity index is 2.91. The highest BCUT2D eigenvalue weighted by Gasteiger charge is 2.30. The smallest absolute Gasteiger partial charge is 0.408 e. The van der Waals surface area contributed by atoms with E-state index in [1.807, 2.05) is 0 Å². The lowest BCUT2D eigenvalue weighted by atomic mass is 10.1. The molecule has 1 atom stereocenters. The van der Waals surface area contributed by atoms with Crippen molar-refractivity contribution in [2.24, 2.45) is 0 Å². The number of hydrogen-bond acceptors (Lipinski definition) is 9. The maximum atomic E-state index is 12.5. The Labute approximate surface area is 169 Å². The van der Waals surface area contributed by atoms with E-state index in [2.05, 4.69) is 5.32 Å². The van der Waals surface area contributed by atoms with Crippen LogP contribution in [-0.2, 0) is 19.1 Å². The first kappa shape index (κ1) is 24.2. The molecule has 0 aliphatic rings. The summed E-state index contributed by atoms with van der Waals surface area (Å²) in [6.45, 7) is 9.95. The summed E-state index contributed by atoms with van der Waals surface area (Å²) in [7, 11) is 0. The fraction of sp³-hybridized carbons (Fsp3) is 0.526. The van der Waals surface area contributed by atoms with Crippen molar-refractivity contribution in [3.05, 3.63) is 29.5 Å². The summed E-state index contributed by atoms with van der Waals surface area (Å²) in [5.74, 6) is -1.61. The fourth-order valence-electron chi connectivity index (χ4n) is 2.02. The highest BCUT2D eigenvalue weighted by molar-refractivity contribution is 5.87. The van der Waals surface area contributed by atoms with Crippen molar-refractivity contribution in [1.82, 2.24) is 5.32 Å². The largest absolute Gasteiger partial charge is 0.733 e. The molecule has 0 fully saturated rings. The molecule has 162 valence electrons. The molecule has 1 aromatic carbocycles. The molecule has 0 saturated heterocycles. The van der Waals surface area contributed by atoms with E-state index in [1.165, 1.54) is 24.3 Å². The highest BCUT2D eigenvalue weighted by atomic mass is 16.8. The minimum Gasteiger partial charge on any atom is -0.733 e. The molecule has 0 aliphatic carbocycles. The van der Waals surface area contributed by atoms with Gasteiger partial charge in [-0.15, -0.1) is 0 Å². The van der Waals surface area contributed by atoms with Crippen LogP contribution in [0.3, 0.4) is 0 Å².